The van der Waals surface area contributed by atoms with Gasteiger partial charge in [-0.2, -0.15) is 8.42 Å². The van der Waals surface area contributed by atoms with Gasteiger partial charge in [0.1, 0.15) is 5.70 Å². The van der Waals surface area contributed by atoms with Gasteiger partial charge in [-0.3, -0.25) is 4.79 Å². The largest absolute Gasteiger partial charge is 0.477 e. The fourth-order valence-corrected chi connectivity index (χ4v) is 6.05. The van der Waals surface area contributed by atoms with Crippen LogP contribution in [-0.2, 0) is 19.8 Å². The van der Waals surface area contributed by atoms with Gasteiger partial charge in [-0.25, -0.2) is 14.7 Å². The Bertz CT molecular complexity index is 783. The molecule has 0 bridgehead atoms. The lowest BCUT2D eigenvalue weighted by Crippen LogP contribution is -2.63. The summed E-state index contributed by atoms with van der Waals surface area (Å²) < 4.78 is 24.3. The number of carboxylic acids is 1. The quantitative estimate of drug-likeness (QED) is 0.306. The minimum atomic E-state index is -3.76. The van der Waals surface area contributed by atoms with Gasteiger partial charge in [-0.1, -0.05) is 6.92 Å². The maximum atomic E-state index is 12.3. The number of aliphatic hydroxyl groups is 1. The van der Waals surface area contributed by atoms with Crippen LogP contribution in [0.5, 0.6) is 0 Å². The lowest BCUT2D eigenvalue weighted by atomic mass is 9.79. The Hall–Kier alpha value is -1.18. The van der Waals surface area contributed by atoms with Crippen LogP contribution in [0.15, 0.2) is 10.6 Å². The van der Waals surface area contributed by atoms with Gasteiger partial charge < -0.3 is 20.4 Å². The van der Waals surface area contributed by atoms with Crippen molar-refractivity contribution in [2.45, 2.75) is 43.7 Å². The number of fused-ring (bicyclic) bond motifs is 1. The van der Waals surface area contributed by atoms with Crippen LogP contribution < -0.4 is 15.2 Å². The minimum absolute atomic E-state index is 0.00510. The Morgan fingerprint density at radius 1 is 1.56 bits per heavy atom. The maximum Gasteiger partial charge on any atom is 0.353 e. The number of nitrogens with zero attached hydrogens (tertiary/aromatic N) is 1. The van der Waals surface area contributed by atoms with Gasteiger partial charge in [-0.15, -0.1) is 11.8 Å². The Morgan fingerprint density at radius 2 is 2.22 bits per heavy atom. The molecule has 0 aromatic carbocycles. The molecule has 6 N–H and O–H groups in total. The van der Waals surface area contributed by atoms with Crippen LogP contribution in [0.3, 0.4) is 0 Å². The van der Waals surface area contributed by atoms with Crippen molar-refractivity contribution in [2.24, 2.45) is 17.0 Å². The Morgan fingerprint density at radius 3 is 2.78 bits per heavy atom. The summed E-state index contributed by atoms with van der Waals surface area (Å²) in [6.45, 7) is 4.17. The third kappa shape index (κ3) is 3.87. The van der Waals surface area contributed by atoms with E-state index in [1.54, 1.807) is 6.92 Å². The van der Waals surface area contributed by atoms with Gasteiger partial charge in [0.05, 0.1) is 18.1 Å². The smallest absolute Gasteiger partial charge is 0.353 e. The molecule has 0 aromatic heterocycles. The predicted molar refractivity (Wildman–Crippen MR) is 98.5 cm³/mol. The first-order chi connectivity index (χ1) is 12.5. The van der Waals surface area contributed by atoms with Crippen LogP contribution in [0, 0.1) is 11.8 Å². The van der Waals surface area contributed by atoms with Gasteiger partial charge in [-0.05, 0) is 13.3 Å². The second kappa shape index (κ2) is 7.33. The van der Waals surface area contributed by atoms with Crippen LogP contribution in [-0.4, -0.2) is 71.9 Å². The molecule has 3 aliphatic heterocycles. The normalized spacial score (nSPS) is 34.6. The van der Waals surface area contributed by atoms with E-state index in [1.165, 1.54) is 16.7 Å². The molecule has 0 saturated carbocycles. The Kier molecular flexibility index (Phi) is 5.58. The van der Waals surface area contributed by atoms with Crippen molar-refractivity contribution >= 4 is 33.8 Å². The number of thioether (sulfide) groups is 1. The molecule has 0 aromatic rings. The summed E-state index contributed by atoms with van der Waals surface area (Å²) in [6, 6.07) is -0.435. The molecule has 3 aliphatic rings. The zero-order valence-corrected chi connectivity index (χ0v) is 16.6. The summed E-state index contributed by atoms with van der Waals surface area (Å²) in [4.78, 5) is 26.1. The van der Waals surface area contributed by atoms with Crippen molar-refractivity contribution in [2.75, 3.05) is 13.1 Å². The first-order valence-electron chi connectivity index (χ1n) is 8.67. The SMILES string of the molecule is C[C@@H](O)[C@H]1C(=O)N2[C@@H]1[C@@H](C)C(S[C@@H]1CN[C@H](CNS(N)(=O)=O)C1)=[14C]2C(=O)O. The van der Waals surface area contributed by atoms with Gasteiger partial charge in [0.15, 0.2) is 0 Å². The molecule has 0 unspecified atom stereocenters. The number of nitrogens with two attached hydrogens (primary N) is 1. The summed E-state index contributed by atoms with van der Waals surface area (Å²) in [6.07, 6.45) is -0.197. The summed E-state index contributed by atoms with van der Waals surface area (Å²) in [7, 11) is -3.76. The summed E-state index contributed by atoms with van der Waals surface area (Å²) >= 11 is 1.41. The second-order valence-electron chi connectivity index (χ2n) is 7.25. The average molecular weight is 423 g/mol. The molecular weight excluding hydrogens is 398 g/mol. The highest BCUT2D eigenvalue weighted by Crippen LogP contribution is 2.51. The van der Waals surface area contributed by atoms with E-state index < -0.39 is 28.2 Å². The zero-order valence-electron chi connectivity index (χ0n) is 15.0. The zero-order chi connectivity index (χ0) is 20.1. The molecule has 3 rings (SSSR count). The predicted octanol–water partition coefficient (Wildman–Crippen LogP) is -1.60. The molecule has 0 aliphatic carbocycles. The maximum absolute atomic E-state index is 12.3. The number of hydrogen-bond donors (Lipinski definition) is 5. The molecule has 1 amide bonds. The molecular formula is C15H24N4O6S2. The summed E-state index contributed by atoms with van der Waals surface area (Å²) in [5.41, 5.74) is 0.00510. The summed E-state index contributed by atoms with van der Waals surface area (Å²) in [5, 5.41) is 27.7. The number of amides is 1. The van der Waals surface area contributed by atoms with Crippen molar-refractivity contribution in [1.29, 1.82) is 0 Å². The molecule has 12 heteroatoms. The number of hydrogen-bond acceptors (Lipinski definition) is 7. The highest BCUT2D eigenvalue weighted by atomic mass is 32.2. The molecule has 2 saturated heterocycles. The van der Waals surface area contributed by atoms with Crippen LogP contribution in [0.2, 0.25) is 0 Å². The van der Waals surface area contributed by atoms with Crippen LogP contribution in [0.25, 0.3) is 0 Å². The van der Waals surface area contributed by atoms with Crippen LogP contribution in [0.4, 0.5) is 0 Å². The molecule has 0 spiro atoms. The van der Waals surface area contributed by atoms with Crippen LogP contribution >= 0.6 is 11.8 Å². The number of β-lactam (4-membered cyclic amide) rings is 1. The van der Waals surface area contributed by atoms with Crippen molar-refractivity contribution in [1.82, 2.24) is 14.9 Å². The van der Waals surface area contributed by atoms with E-state index in [9.17, 15) is 28.2 Å². The van der Waals surface area contributed by atoms with E-state index in [0.717, 1.165) is 0 Å². The molecule has 6 atom stereocenters. The highest BCUT2D eigenvalue weighted by molar-refractivity contribution is 8.03. The van der Waals surface area contributed by atoms with E-state index in [4.69, 9.17) is 5.14 Å². The molecule has 10 nitrogen and oxygen atoms in total. The highest BCUT2D eigenvalue weighted by Gasteiger charge is 2.60. The van der Waals surface area contributed by atoms with Crippen molar-refractivity contribution in [3.63, 3.8) is 0 Å². The minimum Gasteiger partial charge on any atom is -0.477 e. The fourth-order valence-electron chi connectivity index (χ4n) is 4.10. The first kappa shape index (κ1) is 20.6. The molecule has 3 heterocycles. The number of rotatable bonds is 7. The first-order valence-corrected chi connectivity index (χ1v) is 11.1. The number of nitrogens with one attached hydrogen (secondary N) is 2. The monoisotopic (exact) mass is 422 g/mol. The average Bonchev–Trinajstić information content (AvgIpc) is 3.07. The van der Waals surface area contributed by atoms with Crippen molar-refractivity contribution in [3.05, 3.63) is 10.6 Å². The second-order valence-corrected chi connectivity index (χ2v) is 9.97. The topological polar surface area (TPSA) is 162 Å². The van der Waals surface area contributed by atoms with E-state index >= 15 is 0 Å². The number of carbonyl (C=O) groups is 2. The van der Waals surface area contributed by atoms with Crippen molar-refractivity contribution < 1.29 is 28.2 Å². The number of carboxylic acid groups (broad SMARTS) is 1. The summed E-state index contributed by atoms with van der Waals surface area (Å²) in [5.74, 6) is -2.27. The van der Waals surface area contributed by atoms with Gasteiger partial charge in [0, 0.05) is 35.2 Å². The van der Waals surface area contributed by atoms with E-state index in [1.807, 2.05) is 6.92 Å². The standard InChI is InChI=1S/C15H24N4O6S2/c1-6-11-10(7(2)20)14(21)19(11)12(15(22)23)13(6)26-9-3-8(17-5-9)4-18-27(16,24)25/h6-11,17-18,20H,3-5H2,1-2H3,(H,22,23)(H2,16,24,25)/t6-,7-,8+,9+,10-,11-/m1/s1/i12+2. The Labute approximate surface area is 161 Å². The lowest BCUT2D eigenvalue weighted by Gasteiger charge is -2.46. The molecule has 152 valence electrons. The van der Waals surface area contributed by atoms with Gasteiger partial charge in [0.25, 0.3) is 10.2 Å². The fraction of sp³-hybridized carbons (Fsp3) is 0.733. The van der Waals surface area contributed by atoms with Crippen LogP contribution in [0.1, 0.15) is 20.3 Å². The number of carbonyl (C=O) groups excluding carboxylic acids is 1. The van der Waals surface area contributed by atoms with E-state index in [0.29, 0.717) is 17.9 Å². The number of aliphatic carboxylic acids is 1. The van der Waals surface area contributed by atoms with E-state index in [-0.39, 0.29) is 41.4 Å². The third-order valence-electron chi connectivity index (χ3n) is 5.32. The third-order valence-corrected chi connectivity index (χ3v) is 7.40. The van der Waals surface area contributed by atoms with Gasteiger partial charge in [0.2, 0.25) is 5.91 Å². The molecule has 0 radical (unpaired) electrons. The van der Waals surface area contributed by atoms with Crippen molar-refractivity contribution in [3.8, 4) is 0 Å². The number of aliphatic hydroxyl groups excluding tert-OH is 1. The van der Waals surface area contributed by atoms with E-state index in [2.05, 4.69) is 10.0 Å². The molecule has 2 fully saturated rings. The Balaban J connectivity index is 1.71. The molecule has 27 heavy (non-hydrogen) atoms. The van der Waals surface area contributed by atoms with Gasteiger partial charge >= 0.3 is 5.97 Å². The lowest BCUT2D eigenvalue weighted by molar-refractivity contribution is -0.163.